The lowest BCUT2D eigenvalue weighted by Gasteiger charge is -2.28. The number of nitrogens with zero attached hydrogens (tertiary/aromatic N) is 1. The number of rotatable bonds is 9. The first-order chi connectivity index (χ1) is 15.5. The van der Waals surface area contributed by atoms with Gasteiger partial charge in [-0.3, -0.25) is 10.1 Å². The van der Waals surface area contributed by atoms with E-state index in [1.807, 2.05) is 0 Å². The third-order valence-electron chi connectivity index (χ3n) is 5.07. The molecule has 0 atom stereocenters. The van der Waals surface area contributed by atoms with Gasteiger partial charge in [-0.25, -0.2) is 26.7 Å². The Hall–Kier alpha value is -3.05. The Labute approximate surface area is 191 Å². The number of amides is 3. The van der Waals surface area contributed by atoms with Crippen molar-refractivity contribution in [3.8, 4) is 5.75 Å². The highest BCUT2D eigenvalue weighted by Crippen LogP contribution is 2.25. The average molecular weight is 482 g/mol. The number of hydrogen-bond donors (Lipinski definition) is 2. The molecule has 2 aromatic rings. The fraction of sp³-hybridized carbons (Fsp3) is 0.364. The van der Waals surface area contributed by atoms with Gasteiger partial charge < -0.3 is 9.64 Å². The minimum atomic E-state index is -3.98. The third-order valence-corrected chi connectivity index (χ3v) is 6.73. The smallest absolute Gasteiger partial charge is 0.324 e. The summed E-state index contributed by atoms with van der Waals surface area (Å²) < 4.78 is 58.1. The summed E-state index contributed by atoms with van der Waals surface area (Å²) in [5, 5.41) is 2.27. The quantitative estimate of drug-likeness (QED) is 0.573. The lowest BCUT2D eigenvalue weighted by molar-refractivity contribution is -0.121. The van der Waals surface area contributed by atoms with Gasteiger partial charge in [0.2, 0.25) is 15.9 Å². The predicted molar refractivity (Wildman–Crippen MR) is 116 cm³/mol. The molecule has 0 radical (unpaired) electrons. The number of urea groups is 1. The molecule has 2 aromatic carbocycles. The van der Waals surface area contributed by atoms with Crippen molar-refractivity contribution in [2.75, 3.05) is 13.2 Å². The number of alkyl halides is 2. The number of hydrogen-bond acceptors (Lipinski definition) is 5. The van der Waals surface area contributed by atoms with Gasteiger partial charge in [0.1, 0.15) is 12.4 Å². The molecule has 178 valence electrons. The number of carbonyl (C=O) groups excluding carboxylic acids is 2. The first-order valence-electron chi connectivity index (χ1n) is 10.2. The summed E-state index contributed by atoms with van der Waals surface area (Å²) in [5.41, 5.74) is 0.510. The first kappa shape index (κ1) is 24.6. The zero-order valence-corrected chi connectivity index (χ0v) is 19.0. The molecule has 2 N–H and O–H groups in total. The normalized spacial score (nSPS) is 15.0. The van der Waals surface area contributed by atoms with E-state index in [1.54, 1.807) is 38.1 Å². The second-order valence-electron chi connectivity index (χ2n) is 8.13. The summed E-state index contributed by atoms with van der Waals surface area (Å²) in [6.45, 7) is 3.21. The molecule has 11 heteroatoms. The van der Waals surface area contributed by atoms with Crippen molar-refractivity contribution in [2.45, 2.75) is 43.7 Å². The molecule has 8 nitrogen and oxygen atoms in total. The van der Waals surface area contributed by atoms with Crippen LogP contribution < -0.4 is 14.8 Å². The van der Waals surface area contributed by atoms with Crippen LogP contribution in [0.25, 0.3) is 0 Å². The molecule has 0 saturated carbocycles. The van der Waals surface area contributed by atoms with Crippen molar-refractivity contribution in [1.82, 2.24) is 14.9 Å². The number of sulfonamides is 1. The summed E-state index contributed by atoms with van der Waals surface area (Å²) in [7, 11) is -3.98. The number of imide groups is 1. The fourth-order valence-corrected chi connectivity index (χ4v) is 4.78. The molecule has 3 rings (SSSR count). The van der Waals surface area contributed by atoms with Crippen molar-refractivity contribution >= 4 is 22.0 Å². The Morgan fingerprint density at radius 2 is 1.85 bits per heavy atom. The van der Waals surface area contributed by atoms with Crippen LogP contribution in [0, 0.1) is 0 Å². The zero-order valence-electron chi connectivity index (χ0n) is 18.2. The van der Waals surface area contributed by atoms with Crippen LogP contribution in [0.1, 0.15) is 31.4 Å². The summed E-state index contributed by atoms with van der Waals surface area (Å²) >= 11 is 0. The summed E-state index contributed by atoms with van der Waals surface area (Å²) in [5.74, 6) is -0.268. The largest absolute Gasteiger partial charge is 0.488 e. The highest BCUT2D eigenvalue weighted by Gasteiger charge is 2.29. The molecule has 0 aromatic heterocycles. The Bertz CT molecular complexity index is 1120. The van der Waals surface area contributed by atoms with Gasteiger partial charge in [-0.15, -0.1) is 0 Å². The molecule has 1 fully saturated rings. The molecule has 33 heavy (non-hydrogen) atoms. The molecule has 0 spiro atoms. The molecule has 3 amide bonds. The number of ether oxygens (including phenoxy) is 1. The van der Waals surface area contributed by atoms with Crippen LogP contribution in [0.15, 0.2) is 53.4 Å². The highest BCUT2D eigenvalue weighted by atomic mass is 32.2. The van der Waals surface area contributed by atoms with E-state index in [1.165, 1.54) is 29.2 Å². The third kappa shape index (κ3) is 6.48. The molecule has 0 aliphatic carbocycles. The minimum Gasteiger partial charge on any atom is -0.488 e. The van der Waals surface area contributed by atoms with Crippen LogP contribution in [0.3, 0.4) is 0 Å². The topological polar surface area (TPSA) is 105 Å². The van der Waals surface area contributed by atoms with E-state index >= 15 is 0 Å². The molecular formula is C22H25F2N3O5S. The molecule has 0 bridgehead atoms. The number of benzene rings is 2. The van der Waals surface area contributed by atoms with Gasteiger partial charge in [0, 0.05) is 25.6 Å². The highest BCUT2D eigenvalue weighted by molar-refractivity contribution is 7.89. The second kappa shape index (κ2) is 9.84. The van der Waals surface area contributed by atoms with Crippen molar-refractivity contribution in [3.63, 3.8) is 0 Å². The molecule has 0 unspecified atom stereocenters. The summed E-state index contributed by atoms with van der Waals surface area (Å²) in [6.07, 6.45) is -2.43. The van der Waals surface area contributed by atoms with Crippen LogP contribution in [-0.2, 0) is 26.9 Å². The van der Waals surface area contributed by atoms with Gasteiger partial charge >= 0.3 is 6.03 Å². The average Bonchev–Trinajstić information content (AvgIpc) is 2.74. The lowest BCUT2D eigenvalue weighted by Crippen LogP contribution is -2.48. The van der Waals surface area contributed by atoms with E-state index in [-0.39, 0.29) is 23.0 Å². The van der Waals surface area contributed by atoms with Crippen LogP contribution in [0.2, 0.25) is 0 Å². The van der Waals surface area contributed by atoms with Crippen molar-refractivity contribution in [3.05, 3.63) is 59.7 Å². The van der Waals surface area contributed by atoms with Crippen LogP contribution in [0.4, 0.5) is 13.6 Å². The molecule has 1 heterocycles. The Kier molecular flexibility index (Phi) is 7.33. The van der Waals surface area contributed by atoms with Crippen molar-refractivity contribution in [1.29, 1.82) is 0 Å². The molecular weight excluding hydrogens is 456 g/mol. The monoisotopic (exact) mass is 481 g/mol. The lowest BCUT2D eigenvalue weighted by atomic mass is 9.95. The van der Waals surface area contributed by atoms with E-state index < -0.39 is 34.6 Å². The van der Waals surface area contributed by atoms with Crippen LogP contribution in [-0.4, -0.2) is 44.8 Å². The van der Waals surface area contributed by atoms with Crippen molar-refractivity contribution < 1.29 is 31.5 Å². The van der Waals surface area contributed by atoms with Gasteiger partial charge in [0.25, 0.3) is 6.43 Å². The maximum atomic E-state index is 12.9. The maximum absolute atomic E-state index is 12.9. The van der Waals surface area contributed by atoms with Crippen LogP contribution >= 0.6 is 0 Å². The Morgan fingerprint density at radius 3 is 2.48 bits per heavy atom. The summed E-state index contributed by atoms with van der Waals surface area (Å²) in [6, 6.07) is 12.0. The second-order valence-corrected chi connectivity index (χ2v) is 9.81. The molecule has 1 aliphatic heterocycles. The van der Waals surface area contributed by atoms with E-state index in [0.717, 1.165) is 5.56 Å². The van der Waals surface area contributed by atoms with Gasteiger partial charge in [-0.2, -0.15) is 0 Å². The van der Waals surface area contributed by atoms with Gasteiger partial charge in [-0.1, -0.05) is 30.3 Å². The van der Waals surface area contributed by atoms with Gasteiger partial charge in [0.05, 0.1) is 10.4 Å². The standard InChI is InChI=1S/C22H25F2N3O5S/c1-22(2,26-33(30,31)18-5-3-4-17(12-18)32-14-19(23)24)16-8-6-15(7-9-16)13-27-11-10-20(28)25-21(27)29/h3-9,12,19,26H,10-11,13-14H2,1-2H3,(H,25,28,29). The minimum absolute atomic E-state index is 0.0313. The van der Waals surface area contributed by atoms with E-state index in [2.05, 4.69) is 10.0 Å². The van der Waals surface area contributed by atoms with E-state index in [4.69, 9.17) is 4.74 Å². The van der Waals surface area contributed by atoms with E-state index in [9.17, 15) is 26.8 Å². The molecule has 1 saturated heterocycles. The fourth-order valence-electron chi connectivity index (χ4n) is 3.34. The van der Waals surface area contributed by atoms with Gasteiger partial charge in [-0.05, 0) is 37.1 Å². The Morgan fingerprint density at radius 1 is 1.15 bits per heavy atom. The number of carbonyl (C=O) groups is 2. The van der Waals surface area contributed by atoms with Crippen LogP contribution in [0.5, 0.6) is 5.75 Å². The molecule has 1 aliphatic rings. The Balaban J connectivity index is 1.70. The van der Waals surface area contributed by atoms with Crippen molar-refractivity contribution in [2.24, 2.45) is 0 Å². The summed E-state index contributed by atoms with van der Waals surface area (Å²) in [4.78, 5) is 24.6. The number of halogens is 2. The first-order valence-corrected chi connectivity index (χ1v) is 11.7. The number of nitrogens with one attached hydrogen (secondary N) is 2. The maximum Gasteiger partial charge on any atom is 0.324 e. The predicted octanol–water partition coefficient (Wildman–Crippen LogP) is 2.99. The van der Waals surface area contributed by atoms with Gasteiger partial charge in [0.15, 0.2) is 0 Å². The van der Waals surface area contributed by atoms with E-state index in [0.29, 0.717) is 18.7 Å². The SMILES string of the molecule is CC(C)(NS(=O)(=O)c1cccc(OCC(F)F)c1)c1ccc(CN2CCC(=O)NC2=O)cc1. The zero-order chi connectivity index (χ0) is 24.2.